The lowest BCUT2D eigenvalue weighted by Gasteiger charge is -2.29. The minimum atomic E-state index is -0.661. The van der Waals surface area contributed by atoms with Gasteiger partial charge < -0.3 is 15.0 Å². The third-order valence-electron chi connectivity index (χ3n) is 6.22. The molecule has 2 unspecified atom stereocenters. The van der Waals surface area contributed by atoms with Gasteiger partial charge in [0.25, 0.3) is 5.91 Å². The van der Waals surface area contributed by atoms with Gasteiger partial charge in [0.1, 0.15) is 12.1 Å². The van der Waals surface area contributed by atoms with Crippen LogP contribution in [0.3, 0.4) is 0 Å². The lowest BCUT2D eigenvalue weighted by Crippen LogP contribution is -2.52. The molecule has 4 amide bonds. The maximum atomic E-state index is 13.0. The summed E-state index contributed by atoms with van der Waals surface area (Å²) in [4.78, 5) is 50.7. The van der Waals surface area contributed by atoms with Crippen LogP contribution in [0.5, 0.6) is 0 Å². The summed E-state index contributed by atoms with van der Waals surface area (Å²) in [5.74, 6) is -1.02. The second-order valence-corrected chi connectivity index (χ2v) is 8.98. The van der Waals surface area contributed by atoms with Gasteiger partial charge in [-0.05, 0) is 49.9 Å². The fourth-order valence-corrected chi connectivity index (χ4v) is 4.27. The number of ether oxygens (including phenoxy) is 1. The van der Waals surface area contributed by atoms with E-state index in [2.05, 4.69) is 10.6 Å². The molecule has 2 aromatic carbocycles. The smallest absolute Gasteiger partial charge is 0.408 e. The van der Waals surface area contributed by atoms with Crippen LogP contribution in [0, 0.1) is 0 Å². The molecule has 33 heavy (non-hydrogen) atoms. The lowest BCUT2D eigenvalue weighted by atomic mass is 9.95. The second kappa shape index (κ2) is 8.69. The number of nitrogens with one attached hydrogen (secondary N) is 2. The molecule has 2 aromatic rings. The highest BCUT2D eigenvalue weighted by Crippen LogP contribution is 2.30. The Labute approximate surface area is 192 Å². The number of carbonyl (C=O) groups excluding carboxylic acids is 4. The van der Waals surface area contributed by atoms with Crippen LogP contribution in [-0.2, 0) is 26.4 Å². The van der Waals surface area contributed by atoms with Crippen molar-refractivity contribution in [3.05, 3.63) is 70.8 Å². The van der Waals surface area contributed by atoms with Gasteiger partial charge in [-0.15, -0.1) is 0 Å². The predicted molar refractivity (Wildman–Crippen MR) is 120 cm³/mol. The molecule has 2 aliphatic rings. The highest BCUT2D eigenvalue weighted by molar-refractivity contribution is 6.05. The summed E-state index contributed by atoms with van der Waals surface area (Å²) in [6.45, 7) is 5.84. The quantitative estimate of drug-likeness (QED) is 0.683. The number of amides is 4. The summed E-state index contributed by atoms with van der Waals surface area (Å²) in [5.41, 5.74) is 2.30. The van der Waals surface area contributed by atoms with Crippen molar-refractivity contribution in [2.24, 2.45) is 0 Å². The Morgan fingerprint density at radius 1 is 1.15 bits per heavy atom. The molecule has 1 fully saturated rings. The Morgan fingerprint density at radius 2 is 1.88 bits per heavy atom. The number of hydrogen-bond donors (Lipinski definition) is 2. The van der Waals surface area contributed by atoms with Crippen molar-refractivity contribution in [2.45, 2.75) is 57.8 Å². The van der Waals surface area contributed by atoms with Crippen LogP contribution in [0.15, 0.2) is 48.5 Å². The maximum absolute atomic E-state index is 13.0. The molecule has 0 saturated carbocycles. The number of piperidine rings is 1. The van der Waals surface area contributed by atoms with Gasteiger partial charge in [-0.25, -0.2) is 4.79 Å². The highest BCUT2D eigenvalue weighted by atomic mass is 16.6. The van der Waals surface area contributed by atoms with Crippen molar-refractivity contribution in [3.63, 3.8) is 0 Å². The zero-order chi connectivity index (χ0) is 23.8. The Hall–Kier alpha value is -3.68. The number of benzene rings is 2. The Bertz CT molecular complexity index is 1110. The molecule has 0 spiro atoms. The third-order valence-corrected chi connectivity index (χ3v) is 6.22. The number of carbonyl (C=O) groups is 4. The van der Waals surface area contributed by atoms with Crippen LogP contribution in [0.1, 0.15) is 66.8 Å². The van der Waals surface area contributed by atoms with E-state index in [0.717, 1.165) is 11.1 Å². The van der Waals surface area contributed by atoms with Crippen molar-refractivity contribution in [1.82, 2.24) is 15.5 Å². The number of rotatable bonds is 5. The molecule has 2 aliphatic heterocycles. The average molecular weight is 450 g/mol. The van der Waals surface area contributed by atoms with Crippen LogP contribution >= 0.6 is 0 Å². The summed E-state index contributed by atoms with van der Waals surface area (Å²) in [5, 5.41) is 5.18. The maximum Gasteiger partial charge on any atom is 0.408 e. The van der Waals surface area contributed by atoms with E-state index >= 15 is 0 Å². The first-order chi connectivity index (χ1) is 15.7. The molecule has 8 nitrogen and oxygen atoms in total. The van der Waals surface area contributed by atoms with Gasteiger partial charge in [0.2, 0.25) is 11.8 Å². The van der Waals surface area contributed by atoms with E-state index in [4.69, 9.17) is 4.74 Å². The molecule has 1 saturated heterocycles. The van der Waals surface area contributed by atoms with E-state index in [1.807, 2.05) is 56.3 Å². The van der Waals surface area contributed by atoms with Gasteiger partial charge in [0.05, 0.1) is 5.54 Å². The van der Waals surface area contributed by atoms with Crippen molar-refractivity contribution < 1.29 is 23.9 Å². The van der Waals surface area contributed by atoms with Crippen molar-refractivity contribution >= 4 is 23.8 Å². The monoisotopic (exact) mass is 449 g/mol. The van der Waals surface area contributed by atoms with E-state index in [9.17, 15) is 19.2 Å². The molecule has 0 aliphatic carbocycles. The number of hydrogen-bond acceptors (Lipinski definition) is 5. The number of alkyl carbamates (subject to hydrolysis) is 1. The molecule has 0 aromatic heterocycles. The van der Waals surface area contributed by atoms with Gasteiger partial charge >= 0.3 is 6.09 Å². The average Bonchev–Trinajstić information content (AvgIpc) is 3.09. The van der Waals surface area contributed by atoms with E-state index in [1.54, 1.807) is 13.0 Å². The summed E-state index contributed by atoms with van der Waals surface area (Å²) < 4.78 is 5.58. The molecule has 172 valence electrons. The van der Waals surface area contributed by atoms with Gasteiger partial charge in [-0.1, -0.05) is 42.5 Å². The fraction of sp³-hybridized carbons (Fsp3) is 0.360. The topological polar surface area (TPSA) is 105 Å². The van der Waals surface area contributed by atoms with Gasteiger partial charge in [-0.3, -0.25) is 19.7 Å². The summed E-state index contributed by atoms with van der Waals surface area (Å²) in [7, 11) is 0. The van der Waals surface area contributed by atoms with Gasteiger partial charge in [0.15, 0.2) is 0 Å². The first-order valence-corrected chi connectivity index (χ1v) is 11.0. The minimum Gasteiger partial charge on any atom is -0.442 e. The predicted octanol–water partition coefficient (Wildman–Crippen LogP) is 3.17. The number of nitrogens with zero attached hydrogens (tertiary/aromatic N) is 1. The van der Waals surface area contributed by atoms with E-state index in [-0.39, 0.29) is 18.2 Å². The van der Waals surface area contributed by atoms with Crippen molar-refractivity contribution in [3.8, 4) is 0 Å². The first kappa shape index (κ1) is 22.5. The molecule has 8 heteroatoms. The minimum absolute atomic E-state index is 0.209. The van der Waals surface area contributed by atoms with Crippen molar-refractivity contribution in [1.29, 1.82) is 0 Å². The lowest BCUT2D eigenvalue weighted by molar-refractivity contribution is -0.136. The third kappa shape index (κ3) is 4.60. The molecule has 4 rings (SSSR count). The Kier molecular flexibility index (Phi) is 5.93. The van der Waals surface area contributed by atoms with Crippen LogP contribution in [0.2, 0.25) is 0 Å². The van der Waals surface area contributed by atoms with Crippen LogP contribution < -0.4 is 10.6 Å². The number of imide groups is 1. The Morgan fingerprint density at radius 3 is 2.58 bits per heavy atom. The molecule has 0 bridgehead atoms. The van der Waals surface area contributed by atoms with Crippen LogP contribution in [0.4, 0.5) is 4.79 Å². The molecule has 2 atom stereocenters. The van der Waals surface area contributed by atoms with E-state index in [1.165, 1.54) is 4.90 Å². The van der Waals surface area contributed by atoms with E-state index < -0.39 is 29.7 Å². The highest BCUT2D eigenvalue weighted by Gasteiger charge is 2.39. The summed E-state index contributed by atoms with van der Waals surface area (Å²) in [6.07, 6.45) is -0.623. The zero-order valence-electron chi connectivity index (χ0n) is 18.9. The van der Waals surface area contributed by atoms with Crippen molar-refractivity contribution in [2.75, 3.05) is 0 Å². The normalized spacial score (nSPS) is 19.1. The largest absolute Gasteiger partial charge is 0.442 e. The molecular formula is C25H27N3O5. The SMILES string of the molecule is CC(OC(=O)NC(C)(C)c1ccccc1)c1ccc2c(c1)C(=O)N(C1CCC(=O)NC1=O)C2. The summed E-state index contributed by atoms with van der Waals surface area (Å²) >= 11 is 0. The number of fused-ring (bicyclic) bond motifs is 1. The van der Waals surface area contributed by atoms with Gasteiger partial charge in [0, 0.05) is 18.5 Å². The molecule has 0 radical (unpaired) electrons. The van der Waals surface area contributed by atoms with Crippen LogP contribution in [-0.4, -0.2) is 34.8 Å². The molecule has 2 N–H and O–H groups in total. The van der Waals surface area contributed by atoms with Gasteiger partial charge in [-0.2, -0.15) is 0 Å². The first-order valence-electron chi connectivity index (χ1n) is 11.0. The van der Waals surface area contributed by atoms with Crippen LogP contribution in [0.25, 0.3) is 0 Å². The summed E-state index contributed by atoms with van der Waals surface area (Å²) in [6, 6.07) is 14.3. The fourth-order valence-electron chi connectivity index (χ4n) is 4.27. The Balaban J connectivity index is 1.43. The molecule has 2 heterocycles. The standard InChI is InChI=1S/C25H27N3O5/c1-15(33-24(32)27-25(2,3)18-7-5-4-6-8-18)16-9-10-17-14-28(23(31)19(17)13-16)20-11-12-21(29)26-22(20)30/h4-10,13,15,20H,11-12,14H2,1-3H3,(H,27,32)(H,26,29,30). The van der Waals surface area contributed by atoms with E-state index in [0.29, 0.717) is 24.1 Å². The molecular weight excluding hydrogens is 422 g/mol. The second-order valence-electron chi connectivity index (χ2n) is 8.98. The zero-order valence-corrected chi connectivity index (χ0v) is 18.9.